The van der Waals surface area contributed by atoms with Crippen LogP contribution in [0.5, 0.6) is 5.75 Å². The number of rotatable bonds is 8. The summed E-state index contributed by atoms with van der Waals surface area (Å²) in [7, 11) is 1.72. The summed E-state index contributed by atoms with van der Waals surface area (Å²) in [5.41, 5.74) is 0.910. The predicted octanol–water partition coefficient (Wildman–Crippen LogP) is 4.05. The van der Waals surface area contributed by atoms with Gasteiger partial charge in [-0.25, -0.2) is 0 Å². The molecule has 128 valence electrons. The highest BCUT2D eigenvalue weighted by molar-refractivity contribution is 6.42. The van der Waals surface area contributed by atoms with Crippen molar-refractivity contribution in [2.75, 3.05) is 26.9 Å². The van der Waals surface area contributed by atoms with Gasteiger partial charge < -0.3 is 14.4 Å². The van der Waals surface area contributed by atoms with Crippen molar-refractivity contribution in [1.82, 2.24) is 4.90 Å². The molecule has 0 heterocycles. The zero-order valence-corrected chi connectivity index (χ0v) is 14.9. The first-order chi connectivity index (χ1) is 11.6. The van der Waals surface area contributed by atoms with Crippen LogP contribution < -0.4 is 4.74 Å². The Morgan fingerprint density at radius 3 is 2.50 bits per heavy atom. The molecule has 4 nitrogen and oxygen atoms in total. The Kier molecular flexibility index (Phi) is 7.37. The van der Waals surface area contributed by atoms with E-state index in [0.29, 0.717) is 29.8 Å². The van der Waals surface area contributed by atoms with Crippen molar-refractivity contribution in [3.63, 3.8) is 0 Å². The van der Waals surface area contributed by atoms with Crippen molar-refractivity contribution in [1.29, 1.82) is 0 Å². The van der Waals surface area contributed by atoms with Crippen LogP contribution in [-0.4, -0.2) is 37.7 Å². The van der Waals surface area contributed by atoms with Crippen LogP contribution in [0.2, 0.25) is 10.0 Å². The summed E-state index contributed by atoms with van der Waals surface area (Å²) in [5, 5.41) is 0.973. The van der Waals surface area contributed by atoms with Gasteiger partial charge in [0.2, 0.25) is 5.91 Å². The van der Waals surface area contributed by atoms with E-state index in [0.717, 1.165) is 11.3 Å². The van der Waals surface area contributed by atoms with E-state index in [4.69, 9.17) is 32.7 Å². The number of hydrogen-bond donors (Lipinski definition) is 0. The largest absolute Gasteiger partial charge is 0.491 e. The number of carbonyl (C=O) groups excluding carboxylic acids is 1. The van der Waals surface area contributed by atoms with E-state index in [1.165, 1.54) is 0 Å². The maximum atomic E-state index is 12.0. The minimum absolute atomic E-state index is 0.00989. The van der Waals surface area contributed by atoms with E-state index >= 15 is 0 Å². The number of halogens is 2. The number of likely N-dealkylation sites (N-methyl/N-ethyl adjacent to an activating group) is 1. The number of nitrogens with zero attached hydrogens (tertiary/aromatic N) is 1. The first kappa shape index (κ1) is 18.6. The summed E-state index contributed by atoms with van der Waals surface area (Å²) in [6.45, 7) is 1.20. The zero-order valence-electron chi connectivity index (χ0n) is 13.4. The number of amides is 1. The molecule has 0 aliphatic rings. The molecular weight excluding hydrogens is 349 g/mol. The molecular formula is C18H19Cl2NO3. The van der Waals surface area contributed by atoms with Gasteiger partial charge >= 0.3 is 0 Å². The Labute approximate surface area is 151 Å². The second-order valence-electron chi connectivity index (χ2n) is 5.21. The molecule has 0 unspecified atom stereocenters. The van der Waals surface area contributed by atoms with Crippen molar-refractivity contribution in [3.8, 4) is 5.75 Å². The number of ether oxygens (including phenoxy) is 2. The van der Waals surface area contributed by atoms with E-state index in [1.807, 2.05) is 36.4 Å². The summed E-state index contributed by atoms with van der Waals surface area (Å²) < 4.78 is 10.8. The fourth-order valence-electron chi connectivity index (χ4n) is 2.00. The van der Waals surface area contributed by atoms with Crippen molar-refractivity contribution in [2.24, 2.45) is 0 Å². The minimum atomic E-state index is -0.110. The maximum absolute atomic E-state index is 12.0. The molecule has 0 N–H and O–H groups in total. The van der Waals surface area contributed by atoms with Crippen molar-refractivity contribution >= 4 is 29.1 Å². The monoisotopic (exact) mass is 367 g/mol. The molecule has 24 heavy (non-hydrogen) atoms. The third-order valence-corrected chi connectivity index (χ3v) is 4.03. The average molecular weight is 368 g/mol. The SMILES string of the molecule is CN(Cc1ccc(Cl)c(Cl)c1)C(=O)COCCOc1ccccc1. The molecule has 1 amide bonds. The first-order valence-electron chi connectivity index (χ1n) is 7.50. The van der Waals surface area contributed by atoms with E-state index in [1.54, 1.807) is 24.1 Å². The van der Waals surface area contributed by atoms with Crippen LogP contribution in [0.1, 0.15) is 5.56 Å². The lowest BCUT2D eigenvalue weighted by Crippen LogP contribution is -2.30. The molecule has 0 aliphatic heterocycles. The lowest BCUT2D eigenvalue weighted by molar-refractivity contribution is -0.135. The predicted molar refractivity (Wildman–Crippen MR) is 95.7 cm³/mol. The average Bonchev–Trinajstić information content (AvgIpc) is 2.58. The van der Waals surface area contributed by atoms with Crippen LogP contribution in [0.4, 0.5) is 0 Å². The van der Waals surface area contributed by atoms with E-state index < -0.39 is 0 Å². The van der Waals surface area contributed by atoms with Gasteiger partial charge in [0.05, 0.1) is 16.7 Å². The molecule has 2 aromatic rings. The first-order valence-corrected chi connectivity index (χ1v) is 8.25. The van der Waals surface area contributed by atoms with Gasteiger partial charge in [-0.15, -0.1) is 0 Å². The van der Waals surface area contributed by atoms with Crippen LogP contribution in [0, 0.1) is 0 Å². The molecule has 0 atom stereocenters. The fourth-order valence-corrected chi connectivity index (χ4v) is 2.33. The summed E-state index contributed by atoms with van der Waals surface area (Å²) in [5.74, 6) is 0.671. The molecule has 0 aromatic heterocycles. The maximum Gasteiger partial charge on any atom is 0.248 e. The quantitative estimate of drug-likeness (QED) is 0.660. The second kappa shape index (κ2) is 9.52. The fraction of sp³-hybridized carbons (Fsp3) is 0.278. The van der Waals surface area contributed by atoms with Crippen LogP contribution in [0.3, 0.4) is 0 Å². The molecule has 6 heteroatoms. The number of benzene rings is 2. The van der Waals surface area contributed by atoms with Crippen molar-refractivity contribution in [2.45, 2.75) is 6.54 Å². The Hall–Kier alpha value is -1.75. The molecule has 0 radical (unpaired) electrons. The molecule has 2 aromatic carbocycles. The highest BCUT2D eigenvalue weighted by atomic mass is 35.5. The third-order valence-electron chi connectivity index (χ3n) is 3.29. The van der Waals surface area contributed by atoms with Crippen molar-refractivity contribution < 1.29 is 14.3 Å². The van der Waals surface area contributed by atoms with Crippen LogP contribution >= 0.6 is 23.2 Å². The van der Waals surface area contributed by atoms with E-state index in [2.05, 4.69) is 0 Å². The molecule has 0 fully saturated rings. The number of para-hydroxylation sites is 1. The summed E-state index contributed by atoms with van der Waals surface area (Å²) in [6, 6.07) is 14.8. The third kappa shape index (κ3) is 6.04. The van der Waals surface area contributed by atoms with Crippen LogP contribution in [0.15, 0.2) is 48.5 Å². The topological polar surface area (TPSA) is 38.8 Å². The Morgan fingerprint density at radius 1 is 1.04 bits per heavy atom. The zero-order chi connectivity index (χ0) is 17.4. The van der Waals surface area contributed by atoms with E-state index in [9.17, 15) is 4.79 Å². The molecule has 0 aliphatic carbocycles. The number of hydrogen-bond acceptors (Lipinski definition) is 3. The molecule has 0 saturated heterocycles. The van der Waals surface area contributed by atoms with Gasteiger partial charge in [-0.05, 0) is 29.8 Å². The van der Waals surface area contributed by atoms with Gasteiger partial charge in [-0.3, -0.25) is 4.79 Å². The van der Waals surface area contributed by atoms with Gasteiger partial charge in [-0.1, -0.05) is 47.5 Å². The summed E-state index contributed by atoms with van der Waals surface area (Å²) >= 11 is 11.8. The lowest BCUT2D eigenvalue weighted by Gasteiger charge is -2.17. The molecule has 0 spiro atoms. The van der Waals surface area contributed by atoms with Gasteiger partial charge in [-0.2, -0.15) is 0 Å². The molecule has 2 rings (SSSR count). The highest BCUT2D eigenvalue weighted by Gasteiger charge is 2.10. The second-order valence-corrected chi connectivity index (χ2v) is 6.03. The van der Waals surface area contributed by atoms with Crippen molar-refractivity contribution in [3.05, 3.63) is 64.1 Å². The van der Waals surface area contributed by atoms with E-state index in [-0.39, 0.29) is 12.5 Å². The molecule has 0 saturated carbocycles. The summed E-state index contributed by atoms with van der Waals surface area (Å²) in [6.07, 6.45) is 0. The standard InChI is InChI=1S/C18H19Cl2NO3/c1-21(12-14-7-8-16(19)17(20)11-14)18(22)13-23-9-10-24-15-5-3-2-4-6-15/h2-8,11H,9-10,12-13H2,1H3. The number of carbonyl (C=O) groups is 1. The Bertz CT molecular complexity index is 665. The van der Waals surface area contributed by atoms with Crippen LogP contribution in [0.25, 0.3) is 0 Å². The highest BCUT2D eigenvalue weighted by Crippen LogP contribution is 2.23. The van der Waals surface area contributed by atoms with Gasteiger partial charge in [0, 0.05) is 13.6 Å². The minimum Gasteiger partial charge on any atom is -0.491 e. The Morgan fingerprint density at radius 2 is 1.79 bits per heavy atom. The Balaban J connectivity index is 1.67. The summed E-state index contributed by atoms with van der Waals surface area (Å²) in [4.78, 5) is 13.6. The molecule has 0 bridgehead atoms. The van der Waals surface area contributed by atoms with Crippen LogP contribution in [-0.2, 0) is 16.1 Å². The smallest absolute Gasteiger partial charge is 0.248 e. The normalized spacial score (nSPS) is 10.5. The van der Waals surface area contributed by atoms with Gasteiger partial charge in [0.25, 0.3) is 0 Å². The van der Waals surface area contributed by atoms with Gasteiger partial charge in [0.15, 0.2) is 0 Å². The lowest BCUT2D eigenvalue weighted by atomic mass is 10.2. The van der Waals surface area contributed by atoms with Gasteiger partial charge in [0.1, 0.15) is 19.0 Å².